The summed E-state index contributed by atoms with van der Waals surface area (Å²) >= 11 is 0. The summed E-state index contributed by atoms with van der Waals surface area (Å²) in [4.78, 5) is 26.7. The molecule has 2 fully saturated rings. The summed E-state index contributed by atoms with van der Waals surface area (Å²) in [6, 6.07) is 0. The highest BCUT2D eigenvalue weighted by Crippen LogP contribution is 2.45. The summed E-state index contributed by atoms with van der Waals surface area (Å²) < 4.78 is 24.7. The van der Waals surface area contributed by atoms with Crippen molar-refractivity contribution in [3.63, 3.8) is 0 Å². The van der Waals surface area contributed by atoms with Crippen molar-refractivity contribution in [3.05, 3.63) is 39.1 Å². The van der Waals surface area contributed by atoms with E-state index in [-0.39, 0.29) is 24.7 Å². The van der Waals surface area contributed by atoms with E-state index in [9.17, 15) is 9.59 Å². The van der Waals surface area contributed by atoms with E-state index in [0.717, 1.165) is 0 Å². The van der Waals surface area contributed by atoms with Gasteiger partial charge in [-0.1, -0.05) is 6.08 Å². The molecule has 0 saturated carbocycles. The Bertz CT molecular complexity index is 779. The van der Waals surface area contributed by atoms with E-state index in [1.165, 1.54) is 4.57 Å². The molecular weight excluding hydrogens is 304 g/mol. The number of rotatable bonds is 2. The molecule has 2 saturated heterocycles. The van der Waals surface area contributed by atoms with Gasteiger partial charge in [0.1, 0.15) is 24.9 Å². The van der Waals surface area contributed by atoms with Gasteiger partial charge in [0.25, 0.3) is 5.56 Å². The van der Waals surface area contributed by atoms with Gasteiger partial charge >= 0.3 is 5.69 Å². The lowest BCUT2D eigenvalue weighted by molar-refractivity contribution is -0.195. The van der Waals surface area contributed by atoms with E-state index in [0.29, 0.717) is 12.0 Å². The zero-order chi connectivity index (χ0) is 16.4. The summed E-state index contributed by atoms with van der Waals surface area (Å²) in [5.74, 6) is -0.534. The van der Waals surface area contributed by atoms with Gasteiger partial charge in [-0.2, -0.15) is 0 Å². The molecule has 2 bridgehead atoms. The Kier molecular flexibility index (Phi) is 3.06. The third kappa shape index (κ3) is 2.09. The van der Waals surface area contributed by atoms with Crippen LogP contribution in [-0.2, 0) is 20.6 Å². The molecule has 8 nitrogen and oxygen atoms in total. The molecule has 0 unspecified atom stereocenters. The molecule has 3 aliphatic rings. The second kappa shape index (κ2) is 4.80. The number of aromatic nitrogens is 2. The van der Waals surface area contributed by atoms with Gasteiger partial charge in [0, 0.05) is 6.42 Å². The number of hydrogen-bond acceptors (Lipinski definition) is 6. The first-order valence-corrected chi connectivity index (χ1v) is 7.54. The number of hydrogen-bond donors (Lipinski definition) is 1. The summed E-state index contributed by atoms with van der Waals surface area (Å²) in [6.07, 6.45) is 0.0708. The highest BCUT2D eigenvalue weighted by atomic mass is 16.8. The van der Waals surface area contributed by atoms with Gasteiger partial charge in [0.2, 0.25) is 5.88 Å². The Hall–Kier alpha value is -1.90. The molecule has 0 aliphatic carbocycles. The van der Waals surface area contributed by atoms with Crippen LogP contribution in [0.2, 0.25) is 0 Å². The third-order valence-electron chi connectivity index (χ3n) is 4.30. The fourth-order valence-corrected chi connectivity index (χ4v) is 3.44. The smallest absolute Gasteiger partial charge is 0.333 e. The zero-order valence-corrected chi connectivity index (χ0v) is 12.9. The lowest BCUT2D eigenvalue weighted by atomic mass is 10.1. The first-order valence-electron chi connectivity index (χ1n) is 7.54. The third-order valence-corrected chi connectivity index (χ3v) is 4.30. The predicted octanol–water partition coefficient (Wildman–Crippen LogP) is 0.0750. The summed E-state index contributed by atoms with van der Waals surface area (Å²) in [6.45, 7) is 7.46. The minimum atomic E-state index is -0.754. The van der Waals surface area contributed by atoms with Crippen LogP contribution in [0, 0.1) is 0 Å². The second-order valence-electron chi connectivity index (χ2n) is 6.35. The molecule has 1 N–H and O–H groups in total. The monoisotopic (exact) mass is 322 g/mol. The van der Waals surface area contributed by atoms with Crippen LogP contribution >= 0.6 is 0 Å². The van der Waals surface area contributed by atoms with Crippen LogP contribution in [0.25, 0.3) is 0 Å². The van der Waals surface area contributed by atoms with Crippen molar-refractivity contribution in [2.24, 2.45) is 0 Å². The minimum Gasteiger partial charge on any atom is -0.475 e. The molecule has 23 heavy (non-hydrogen) atoms. The van der Waals surface area contributed by atoms with Crippen molar-refractivity contribution < 1.29 is 18.9 Å². The SMILES string of the molecule is C=CCc1c2n(c(=O)[nH]c1=O)[C@@H]1O[C@H](CO2)[C@H]2OC(C)(C)O[C@H]21. The maximum atomic E-state index is 12.4. The molecule has 4 heterocycles. The maximum Gasteiger partial charge on any atom is 0.333 e. The van der Waals surface area contributed by atoms with Crippen molar-refractivity contribution >= 4 is 0 Å². The van der Waals surface area contributed by atoms with Crippen LogP contribution in [0.4, 0.5) is 0 Å². The fraction of sp³-hybridized carbons (Fsp3) is 0.600. The first-order chi connectivity index (χ1) is 10.9. The number of H-pyrrole nitrogens is 1. The van der Waals surface area contributed by atoms with Gasteiger partial charge < -0.3 is 18.9 Å². The van der Waals surface area contributed by atoms with Gasteiger partial charge in [-0.25, -0.2) is 9.36 Å². The molecule has 1 aromatic rings. The molecule has 0 aromatic carbocycles. The molecule has 8 heteroatoms. The Labute approximate surface area is 131 Å². The summed E-state index contributed by atoms with van der Waals surface area (Å²) in [7, 11) is 0. The van der Waals surface area contributed by atoms with Crippen LogP contribution < -0.4 is 16.0 Å². The molecule has 0 amide bonds. The Morgan fingerprint density at radius 2 is 2.09 bits per heavy atom. The average Bonchev–Trinajstić information content (AvgIpc) is 2.85. The van der Waals surface area contributed by atoms with E-state index in [2.05, 4.69) is 11.6 Å². The molecule has 124 valence electrons. The normalized spacial score (nSPS) is 33.5. The lowest BCUT2D eigenvalue weighted by Gasteiger charge is -2.23. The molecule has 4 rings (SSSR count). The first kappa shape index (κ1) is 14.7. The van der Waals surface area contributed by atoms with Crippen molar-refractivity contribution in [2.45, 2.75) is 50.6 Å². The van der Waals surface area contributed by atoms with Gasteiger partial charge in [-0.3, -0.25) is 9.78 Å². The lowest BCUT2D eigenvalue weighted by Crippen LogP contribution is -2.41. The van der Waals surface area contributed by atoms with Crippen LogP contribution in [-0.4, -0.2) is 40.3 Å². The number of allylic oxidation sites excluding steroid dienone is 1. The van der Waals surface area contributed by atoms with Crippen LogP contribution in [0.1, 0.15) is 25.6 Å². The number of aromatic amines is 1. The van der Waals surface area contributed by atoms with Crippen molar-refractivity contribution in [1.29, 1.82) is 0 Å². The zero-order valence-electron chi connectivity index (χ0n) is 12.9. The van der Waals surface area contributed by atoms with Gasteiger partial charge in [-0.15, -0.1) is 6.58 Å². The second-order valence-corrected chi connectivity index (χ2v) is 6.35. The Balaban J connectivity index is 1.87. The summed E-state index contributed by atoms with van der Waals surface area (Å²) in [5.41, 5.74) is -0.706. The quantitative estimate of drug-likeness (QED) is 0.775. The van der Waals surface area contributed by atoms with E-state index < -0.39 is 29.4 Å². The van der Waals surface area contributed by atoms with Gasteiger partial charge in [-0.05, 0) is 13.8 Å². The number of nitrogens with one attached hydrogen (secondary N) is 1. The standard InChI is InChI=1S/C15H18N2O6/c1-4-5-7-11(18)16-14(19)17-12(7)20-6-8-9-10(13(17)21-8)23-15(2,3)22-9/h4,8-10,13H,1,5-6H2,2-3H3,(H,16,18,19)/t8-,9-,10-,13-/m1/s1. The largest absolute Gasteiger partial charge is 0.475 e. The van der Waals surface area contributed by atoms with E-state index in [1.807, 2.05) is 13.8 Å². The Morgan fingerprint density at radius 3 is 2.83 bits per heavy atom. The van der Waals surface area contributed by atoms with E-state index in [4.69, 9.17) is 18.9 Å². The van der Waals surface area contributed by atoms with Crippen molar-refractivity contribution in [2.75, 3.05) is 6.61 Å². The maximum absolute atomic E-state index is 12.4. The minimum absolute atomic E-state index is 0.185. The molecule has 0 spiro atoms. The van der Waals surface area contributed by atoms with E-state index in [1.54, 1.807) is 6.08 Å². The molecular formula is C15H18N2O6. The topological polar surface area (TPSA) is 91.8 Å². The van der Waals surface area contributed by atoms with E-state index >= 15 is 0 Å². The molecule has 3 aliphatic heterocycles. The average molecular weight is 322 g/mol. The number of ether oxygens (including phenoxy) is 4. The van der Waals surface area contributed by atoms with Gasteiger partial charge in [0.15, 0.2) is 12.0 Å². The predicted molar refractivity (Wildman–Crippen MR) is 78.5 cm³/mol. The van der Waals surface area contributed by atoms with Crippen LogP contribution in [0.3, 0.4) is 0 Å². The summed E-state index contributed by atoms with van der Waals surface area (Å²) in [5, 5.41) is 0. The van der Waals surface area contributed by atoms with Gasteiger partial charge in [0.05, 0.1) is 5.56 Å². The molecule has 1 aromatic heterocycles. The molecule has 4 atom stereocenters. The van der Waals surface area contributed by atoms with Crippen LogP contribution in [0.5, 0.6) is 5.88 Å². The fourth-order valence-electron chi connectivity index (χ4n) is 3.44. The number of fused-ring (bicyclic) bond motifs is 7. The van der Waals surface area contributed by atoms with Crippen molar-refractivity contribution in [1.82, 2.24) is 9.55 Å². The van der Waals surface area contributed by atoms with Crippen molar-refractivity contribution in [3.8, 4) is 5.88 Å². The Morgan fingerprint density at radius 1 is 1.35 bits per heavy atom. The molecule has 0 radical (unpaired) electrons. The number of nitrogens with zero attached hydrogens (tertiary/aromatic N) is 1. The van der Waals surface area contributed by atoms with Crippen LogP contribution in [0.15, 0.2) is 22.2 Å². The highest BCUT2D eigenvalue weighted by molar-refractivity contribution is 5.28. The highest BCUT2D eigenvalue weighted by Gasteiger charge is 2.58.